The van der Waals surface area contributed by atoms with E-state index in [9.17, 15) is 0 Å². The van der Waals surface area contributed by atoms with Crippen molar-refractivity contribution in [2.24, 2.45) is 12.0 Å². The fraction of sp³-hybridized carbons (Fsp3) is 0.556. The van der Waals surface area contributed by atoms with E-state index in [0.717, 1.165) is 24.0 Å². The van der Waals surface area contributed by atoms with Gasteiger partial charge in [-0.15, -0.1) is 0 Å². The lowest BCUT2D eigenvalue weighted by atomic mass is 10.3. The minimum atomic E-state index is 0.814. The molecule has 76 valence electrons. The van der Waals surface area contributed by atoms with Crippen LogP contribution >= 0.6 is 11.8 Å². The van der Waals surface area contributed by atoms with Gasteiger partial charge in [0.25, 0.3) is 0 Å². The maximum Gasteiger partial charge on any atom is 0.156 e. The van der Waals surface area contributed by atoms with E-state index in [1.54, 1.807) is 11.8 Å². The van der Waals surface area contributed by atoms with Gasteiger partial charge in [-0.2, -0.15) is 5.10 Å². The molecule has 1 aromatic rings. The first-order chi connectivity index (χ1) is 6.77. The van der Waals surface area contributed by atoms with Gasteiger partial charge in [-0.1, -0.05) is 11.8 Å². The first-order valence-electron chi connectivity index (χ1n) is 4.66. The summed E-state index contributed by atoms with van der Waals surface area (Å²) in [5.41, 5.74) is 2.45. The molecule has 1 aromatic heterocycles. The molecule has 0 unspecified atom stereocenters. The standard InChI is InChI=1S/C9H14N4S/c1-7-5-12-13(2)8(7)6-11-9-10-3-4-14-9/h5H,3-4,6H2,1-2H3,(H,10,11). The van der Waals surface area contributed by atoms with Gasteiger partial charge in [-0.05, 0) is 12.5 Å². The summed E-state index contributed by atoms with van der Waals surface area (Å²) in [5, 5.41) is 8.57. The Kier molecular flexibility index (Phi) is 2.77. The van der Waals surface area contributed by atoms with Gasteiger partial charge in [0.15, 0.2) is 5.17 Å². The molecule has 4 nitrogen and oxygen atoms in total. The first kappa shape index (κ1) is 9.58. The Hall–Kier alpha value is -0.970. The molecule has 0 fully saturated rings. The summed E-state index contributed by atoms with van der Waals surface area (Å²) < 4.78 is 1.91. The van der Waals surface area contributed by atoms with Crippen LogP contribution in [0.1, 0.15) is 11.3 Å². The van der Waals surface area contributed by atoms with Crippen LogP contribution in [-0.2, 0) is 13.6 Å². The van der Waals surface area contributed by atoms with Gasteiger partial charge in [0, 0.05) is 12.8 Å². The molecule has 0 aliphatic carbocycles. The van der Waals surface area contributed by atoms with E-state index >= 15 is 0 Å². The van der Waals surface area contributed by atoms with E-state index in [0.29, 0.717) is 0 Å². The third kappa shape index (κ3) is 1.92. The Morgan fingerprint density at radius 1 is 1.64 bits per heavy atom. The van der Waals surface area contributed by atoms with Gasteiger partial charge in [0.1, 0.15) is 0 Å². The van der Waals surface area contributed by atoms with Crippen molar-refractivity contribution >= 4 is 16.9 Å². The quantitative estimate of drug-likeness (QED) is 0.789. The van der Waals surface area contributed by atoms with Crippen molar-refractivity contribution in [3.05, 3.63) is 17.5 Å². The molecule has 0 bridgehead atoms. The smallest absolute Gasteiger partial charge is 0.156 e. The van der Waals surface area contributed by atoms with Crippen LogP contribution in [0.3, 0.4) is 0 Å². The highest BCUT2D eigenvalue weighted by Gasteiger charge is 2.08. The van der Waals surface area contributed by atoms with Crippen LogP contribution in [0.25, 0.3) is 0 Å². The number of nitrogens with one attached hydrogen (secondary N) is 1. The molecular formula is C9H14N4S. The third-order valence-corrected chi connectivity index (χ3v) is 3.20. The molecule has 14 heavy (non-hydrogen) atoms. The molecule has 1 aliphatic rings. The molecule has 0 saturated heterocycles. The number of aryl methyl sites for hydroxylation is 2. The van der Waals surface area contributed by atoms with E-state index in [-0.39, 0.29) is 0 Å². The second kappa shape index (κ2) is 4.04. The molecule has 1 aliphatic heterocycles. The number of nitrogens with zero attached hydrogens (tertiary/aromatic N) is 3. The van der Waals surface area contributed by atoms with Crippen molar-refractivity contribution in [2.75, 3.05) is 12.3 Å². The first-order valence-corrected chi connectivity index (χ1v) is 5.64. The van der Waals surface area contributed by atoms with Crippen LogP contribution in [0, 0.1) is 6.92 Å². The van der Waals surface area contributed by atoms with Crippen LogP contribution in [0.4, 0.5) is 0 Å². The van der Waals surface area contributed by atoms with Crippen LogP contribution in [0.2, 0.25) is 0 Å². The van der Waals surface area contributed by atoms with Crippen LogP contribution in [-0.4, -0.2) is 27.2 Å². The van der Waals surface area contributed by atoms with E-state index in [2.05, 4.69) is 22.3 Å². The highest BCUT2D eigenvalue weighted by molar-refractivity contribution is 8.14. The van der Waals surface area contributed by atoms with Crippen LogP contribution in [0.5, 0.6) is 0 Å². The monoisotopic (exact) mass is 210 g/mol. The molecule has 2 heterocycles. The third-order valence-electron chi connectivity index (χ3n) is 2.26. The van der Waals surface area contributed by atoms with Gasteiger partial charge in [-0.25, -0.2) is 0 Å². The SMILES string of the molecule is Cc1cnn(C)c1CNC1=NCCS1. The van der Waals surface area contributed by atoms with Gasteiger partial charge >= 0.3 is 0 Å². The Morgan fingerprint density at radius 3 is 3.07 bits per heavy atom. The zero-order valence-corrected chi connectivity index (χ0v) is 9.27. The second-order valence-corrected chi connectivity index (χ2v) is 4.37. The van der Waals surface area contributed by atoms with Gasteiger partial charge < -0.3 is 5.32 Å². The lowest BCUT2D eigenvalue weighted by Gasteiger charge is -2.06. The highest BCUT2D eigenvalue weighted by Crippen LogP contribution is 2.11. The number of thioether (sulfide) groups is 1. The Balaban J connectivity index is 1.97. The summed E-state index contributed by atoms with van der Waals surface area (Å²) in [5.74, 6) is 1.10. The average Bonchev–Trinajstić information content (AvgIpc) is 2.76. The van der Waals surface area contributed by atoms with Crippen molar-refractivity contribution in [2.45, 2.75) is 13.5 Å². The normalized spacial score (nSPS) is 15.7. The molecule has 0 aromatic carbocycles. The van der Waals surface area contributed by atoms with E-state index < -0.39 is 0 Å². The minimum absolute atomic E-state index is 0.814. The number of aliphatic imine (C=N–C) groups is 1. The van der Waals surface area contributed by atoms with Crippen molar-refractivity contribution in [3.8, 4) is 0 Å². The Labute approximate surface area is 87.8 Å². The van der Waals surface area contributed by atoms with Gasteiger partial charge in [-0.3, -0.25) is 9.67 Å². The van der Waals surface area contributed by atoms with Crippen molar-refractivity contribution in [3.63, 3.8) is 0 Å². The highest BCUT2D eigenvalue weighted by atomic mass is 32.2. The average molecular weight is 210 g/mol. The van der Waals surface area contributed by atoms with Gasteiger partial charge in [0.05, 0.1) is 25.0 Å². The molecule has 0 saturated carbocycles. The van der Waals surface area contributed by atoms with E-state index in [4.69, 9.17) is 0 Å². The summed E-state index contributed by atoms with van der Waals surface area (Å²) in [6.45, 7) is 3.83. The lowest BCUT2D eigenvalue weighted by Crippen LogP contribution is -2.20. The predicted molar refractivity (Wildman–Crippen MR) is 59.5 cm³/mol. The Morgan fingerprint density at radius 2 is 2.50 bits per heavy atom. The topological polar surface area (TPSA) is 42.2 Å². The molecule has 1 N–H and O–H groups in total. The molecule has 0 atom stereocenters. The fourth-order valence-electron chi connectivity index (χ4n) is 1.43. The Bertz CT molecular complexity index is 336. The largest absolute Gasteiger partial charge is 0.359 e. The summed E-state index contributed by atoms with van der Waals surface area (Å²) in [6.07, 6.45) is 1.89. The van der Waals surface area contributed by atoms with Gasteiger partial charge in [0.2, 0.25) is 0 Å². The number of hydrogen-bond acceptors (Lipinski definition) is 4. The summed E-state index contributed by atoms with van der Waals surface area (Å²) >= 11 is 1.79. The van der Waals surface area contributed by atoms with Crippen molar-refractivity contribution < 1.29 is 0 Å². The van der Waals surface area contributed by atoms with Crippen molar-refractivity contribution in [1.82, 2.24) is 15.1 Å². The summed E-state index contributed by atoms with van der Waals surface area (Å²) in [4.78, 5) is 4.33. The summed E-state index contributed by atoms with van der Waals surface area (Å²) in [7, 11) is 1.97. The number of amidine groups is 1. The summed E-state index contributed by atoms with van der Waals surface area (Å²) in [6, 6.07) is 0. The molecule has 0 amide bonds. The van der Waals surface area contributed by atoms with Crippen molar-refractivity contribution in [1.29, 1.82) is 0 Å². The maximum absolute atomic E-state index is 4.33. The lowest BCUT2D eigenvalue weighted by molar-refractivity contribution is 0.692. The second-order valence-electron chi connectivity index (χ2n) is 3.29. The number of hydrogen-bond donors (Lipinski definition) is 1. The zero-order valence-electron chi connectivity index (χ0n) is 8.45. The molecular weight excluding hydrogens is 196 g/mol. The van der Waals surface area contributed by atoms with Crippen LogP contribution < -0.4 is 5.32 Å². The fourth-order valence-corrected chi connectivity index (χ4v) is 2.16. The molecule has 0 radical (unpaired) electrons. The molecule has 5 heteroatoms. The van der Waals surface area contributed by atoms with E-state index in [1.807, 2.05) is 17.9 Å². The zero-order chi connectivity index (χ0) is 9.97. The number of rotatable bonds is 2. The van der Waals surface area contributed by atoms with Crippen LogP contribution in [0.15, 0.2) is 11.2 Å². The minimum Gasteiger partial charge on any atom is -0.359 e. The maximum atomic E-state index is 4.33. The number of aromatic nitrogens is 2. The van der Waals surface area contributed by atoms with E-state index in [1.165, 1.54) is 11.3 Å². The molecule has 0 spiro atoms. The molecule has 2 rings (SSSR count). The predicted octanol–water partition coefficient (Wildman–Crippen LogP) is 0.921.